The first-order chi connectivity index (χ1) is 16.6. The van der Waals surface area contributed by atoms with Gasteiger partial charge in [0, 0.05) is 44.6 Å². The van der Waals surface area contributed by atoms with Crippen LogP contribution >= 0.6 is 0 Å². The Hall–Kier alpha value is -2.58. The standard InChI is InChI=1S/C22H34N4O8S/c1-5-34-12-6-11-24(35(31)32)15-21(28)25-16(2)22(29)23(3)14-18(25)13-20(27)26(30)17-7-9-19(33-4)10-8-17/h7-10,16,18,30H,5-6,11-15H2,1-4H3,(H,31,32)/p-1. The molecule has 3 atom stereocenters. The number of hydrogen-bond acceptors (Lipinski definition) is 8. The molecule has 1 aromatic carbocycles. The van der Waals surface area contributed by atoms with Gasteiger partial charge in [-0.2, -0.15) is 5.06 Å². The van der Waals surface area contributed by atoms with E-state index in [4.69, 9.17) is 9.47 Å². The fourth-order valence-electron chi connectivity index (χ4n) is 3.91. The Balaban J connectivity index is 2.16. The van der Waals surface area contributed by atoms with E-state index in [1.165, 1.54) is 36.0 Å². The molecule has 1 aliphatic rings. The smallest absolute Gasteiger partial charge is 0.252 e. The predicted octanol–water partition coefficient (Wildman–Crippen LogP) is 0.388. The minimum Gasteiger partial charge on any atom is -0.760 e. The molecule has 1 N–H and O–H groups in total. The van der Waals surface area contributed by atoms with Crippen LogP contribution in [0.15, 0.2) is 24.3 Å². The summed E-state index contributed by atoms with van der Waals surface area (Å²) in [6.45, 7) is 3.84. The number of likely N-dealkylation sites (N-methyl/N-ethyl adjacent to an activating group) is 1. The predicted molar refractivity (Wildman–Crippen MR) is 126 cm³/mol. The van der Waals surface area contributed by atoms with Gasteiger partial charge in [0.05, 0.1) is 31.8 Å². The number of carbonyl (C=O) groups is 3. The molecule has 3 unspecified atom stereocenters. The van der Waals surface area contributed by atoms with Crippen LogP contribution in [0.3, 0.4) is 0 Å². The second-order valence-corrected chi connectivity index (χ2v) is 9.04. The first-order valence-corrected chi connectivity index (χ1v) is 12.3. The highest BCUT2D eigenvalue weighted by Crippen LogP contribution is 2.23. The van der Waals surface area contributed by atoms with Crippen molar-refractivity contribution in [2.24, 2.45) is 0 Å². The van der Waals surface area contributed by atoms with Gasteiger partial charge in [-0.05, 0) is 44.5 Å². The number of anilines is 1. The summed E-state index contributed by atoms with van der Waals surface area (Å²) >= 11 is -2.66. The highest BCUT2D eigenvalue weighted by Gasteiger charge is 2.41. The summed E-state index contributed by atoms with van der Waals surface area (Å²) in [5.74, 6) is -1.07. The summed E-state index contributed by atoms with van der Waals surface area (Å²) in [6.07, 6.45) is 0.122. The summed E-state index contributed by atoms with van der Waals surface area (Å²) in [4.78, 5) is 41.2. The minimum atomic E-state index is -2.66. The van der Waals surface area contributed by atoms with Crippen LogP contribution in [0.5, 0.6) is 5.75 Å². The van der Waals surface area contributed by atoms with Crippen LogP contribution < -0.4 is 9.80 Å². The fourth-order valence-corrected chi connectivity index (χ4v) is 4.41. The fraction of sp³-hybridized carbons (Fsp3) is 0.591. The van der Waals surface area contributed by atoms with E-state index in [0.717, 1.165) is 4.31 Å². The number of hydroxylamine groups is 1. The van der Waals surface area contributed by atoms with Crippen molar-refractivity contribution in [2.75, 3.05) is 52.1 Å². The summed E-state index contributed by atoms with van der Waals surface area (Å²) in [6, 6.07) is 4.51. The van der Waals surface area contributed by atoms with Gasteiger partial charge >= 0.3 is 0 Å². The first kappa shape index (κ1) is 28.7. The molecule has 35 heavy (non-hydrogen) atoms. The van der Waals surface area contributed by atoms with Gasteiger partial charge in [-0.15, -0.1) is 0 Å². The third kappa shape index (κ3) is 7.70. The van der Waals surface area contributed by atoms with Gasteiger partial charge < -0.3 is 23.8 Å². The number of amides is 3. The molecule has 1 saturated heterocycles. The average Bonchev–Trinajstić information content (AvgIpc) is 2.83. The van der Waals surface area contributed by atoms with Crippen molar-refractivity contribution in [2.45, 2.75) is 38.8 Å². The van der Waals surface area contributed by atoms with E-state index in [0.29, 0.717) is 30.4 Å². The summed E-state index contributed by atoms with van der Waals surface area (Å²) in [7, 11) is 3.05. The Bertz CT molecular complexity index is 900. The van der Waals surface area contributed by atoms with Crippen molar-refractivity contribution in [1.29, 1.82) is 0 Å². The Morgan fingerprint density at radius 3 is 2.51 bits per heavy atom. The molecule has 1 heterocycles. The van der Waals surface area contributed by atoms with Gasteiger partial charge in [0.1, 0.15) is 11.8 Å². The van der Waals surface area contributed by atoms with Gasteiger partial charge in [0.2, 0.25) is 11.8 Å². The van der Waals surface area contributed by atoms with Gasteiger partial charge in [-0.3, -0.25) is 23.8 Å². The van der Waals surface area contributed by atoms with Crippen LogP contribution in [-0.4, -0.2) is 105 Å². The van der Waals surface area contributed by atoms with E-state index >= 15 is 0 Å². The normalized spacial score (nSPS) is 19.1. The number of nitrogens with zero attached hydrogens (tertiary/aromatic N) is 4. The third-order valence-electron chi connectivity index (χ3n) is 5.70. The molecule has 196 valence electrons. The summed E-state index contributed by atoms with van der Waals surface area (Å²) in [5.41, 5.74) is 0.212. The minimum absolute atomic E-state index is 0.0575. The molecule has 0 aromatic heterocycles. The second kappa shape index (κ2) is 13.5. The van der Waals surface area contributed by atoms with Crippen molar-refractivity contribution in [3.63, 3.8) is 0 Å². The van der Waals surface area contributed by atoms with E-state index in [1.807, 2.05) is 6.92 Å². The zero-order chi connectivity index (χ0) is 26.1. The van der Waals surface area contributed by atoms with Crippen LogP contribution in [0.25, 0.3) is 0 Å². The van der Waals surface area contributed by atoms with Crippen molar-refractivity contribution in [3.05, 3.63) is 24.3 Å². The lowest BCUT2D eigenvalue weighted by Crippen LogP contribution is -2.63. The van der Waals surface area contributed by atoms with E-state index in [1.54, 1.807) is 19.2 Å². The highest BCUT2D eigenvalue weighted by molar-refractivity contribution is 7.76. The van der Waals surface area contributed by atoms with Gasteiger partial charge in [-0.25, -0.2) is 4.31 Å². The van der Waals surface area contributed by atoms with Crippen LogP contribution in [0.1, 0.15) is 26.7 Å². The molecule has 0 aliphatic carbocycles. The maximum absolute atomic E-state index is 13.2. The van der Waals surface area contributed by atoms with Crippen LogP contribution in [0.2, 0.25) is 0 Å². The Morgan fingerprint density at radius 2 is 1.94 bits per heavy atom. The Kier molecular flexibility index (Phi) is 11.0. The zero-order valence-corrected chi connectivity index (χ0v) is 21.2. The molecule has 13 heteroatoms. The molecule has 1 aromatic rings. The molecule has 0 radical (unpaired) electrons. The second-order valence-electron chi connectivity index (χ2n) is 8.09. The van der Waals surface area contributed by atoms with Crippen LogP contribution in [0.4, 0.5) is 5.69 Å². The Morgan fingerprint density at radius 1 is 1.29 bits per heavy atom. The Labute approximate surface area is 207 Å². The molecule has 0 saturated carbocycles. The molecule has 2 rings (SSSR count). The van der Waals surface area contributed by atoms with E-state index in [9.17, 15) is 28.4 Å². The lowest BCUT2D eigenvalue weighted by Gasteiger charge is -2.44. The molecular weight excluding hydrogens is 480 g/mol. The lowest BCUT2D eigenvalue weighted by molar-refractivity contribution is -0.155. The number of rotatable bonds is 12. The van der Waals surface area contributed by atoms with Crippen LogP contribution in [0, 0.1) is 0 Å². The van der Waals surface area contributed by atoms with Gasteiger partial charge in [0.25, 0.3) is 5.91 Å². The van der Waals surface area contributed by atoms with E-state index in [-0.39, 0.29) is 31.1 Å². The quantitative estimate of drug-likeness (QED) is 0.183. The van der Waals surface area contributed by atoms with E-state index < -0.39 is 41.7 Å². The highest BCUT2D eigenvalue weighted by atomic mass is 32.2. The molecule has 12 nitrogen and oxygen atoms in total. The topological polar surface area (TPSA) is 143 Å². The maximum Gasteiger partial charge on any atom is 0.252 e. The lowest BCUT2D eigenvalue weighted by atomic mass is 10.0. The van der Waals surface area contributed by atoms with Crippen molar-refractivity contribution < 1.29 is 37.8 Å². The van der Waals surface area contributed by atoms with E-state index in [2.05, 4.69) is 0 Å². The molecular formula is C22H33N4O8S-. The van der Waals surface area contributed by atoms with Crippen LogP contribution in [-0.2, 0) is 30.4 Å². The average molecular weight is 514 g/mol. The largest absolute Gasteiger partial charge is 0.760 e. The number of piperazine rings is 1. The number of ether oxygens (including phenoxy) is 2. The molecule has 0 spiro atoms. The first-order valence-electron chi connectivity index (χ1n) is 11.2. The summed E-state index contributed by atoms with van der Waals surface area (Å²) < 4.78 is 34.6. The number of hydrogen-bond donors (Lipinski definition) is 1. The monoisotopic (exact) mass is 513 g/mol. The SMILES string of the molecule is CCOCCCN(CC(=O)N1C(CC(=O)N(O)c2ccc(OC)cc2)CN(C)C(=O)C1C)S(=O)[O-]. The number of benzene rings is 1. The van der Waals surface area contributed by atoms with Crippen molar-refractivity contribution >= 4 is 34.7 Å². The molecule has 3 amide bonds. The zero-order valence-electron chi connectivity index (χ0n) is 20.4. The molecule has 1 fully saturated rings. The van der Waals surface area contributed by atoms with Gasteiger partial charge in [0.15, 0.2) is 0 Å². The van der Waals surface area contributed by atoms with Crippen molar-refractivity contribution in [3.8, 4) is 5.75 Å². The summed E-state index contributed by atoms with van der Waals surface area (Å²) in [5, 5.41) is 10.9. The maximum atomic E-state index is 13.2. The van der Waals surface area contributed by atoms with Gasteiger partial charge in [-0.1, -0.05) is 0 Å². The van der Waals surface area contributed by atoms with Crippen molar-refractivity contribution in [1.82, 2.24) is 14.1 Å². The number of methoxy groups -OCH3 is 1. The number of carbonyl (C=O) groups excluding carboxylic acids is 3. The molecule has 0 bridgehead atoms. The molecule has 1 aliphatic heterocycles. The third-order valence-corrected chi connectivity index (χ3v) is 6.44.